The van der Waals surface area contributed by atoms with E-state index in [1.165, 1.54) is 25.2 Å². The van der Waals surface area contributed by atoms with E-state index in [0.29, 0.717) is 18.7 Å². The van der Waals surface area contributed by atoms with Crippen LogP contribution in [0.5, 0.6) is 11.5 Å². The van der Waals surface area contributed by atoms with Crippen molar-refractivity contribution in [3.63, 3.8) is 0 Å². The Morgan fingerprint density at radius 1 is 1.06 bits per heavy atom. The summed E-state index contributed by atoms with van der Waals surface area (Å²) in [6, 6.07) is 13.5. The minimum Gasteiger partial charge on any atom is -0.497 e. The van der Waals surface area contributed by atoms with Gasteiger partial charge in [-0.15, -0.1) is 0 Å². The van der Waals surface area contributed by atoms with Crippen LogP contribution in [0.25, 0.3) is 0 Å². The van der Waals surface area contributed by atoms with Gasteiger partial charge in [0.2, 0.25) is 21.8 Å². The van der Waals surface area contributed by atoms with E-state index in [1.54, 1.807) is 19.1 Å². The lowest BCUT2D eigenvalue weighted by molar-refractivity contribution is -0.138. The van der Waals surface area contributed by atoms with E-state index in [1.807, 2.05) is 37.3 Å². The van der Waals surface area contributed by atoms with Crippen LogP contribution in [0.4, 0.5) is 5.69 Å². The minimum absolute atomic E-state index is 0.204. The maximum Gasteiger partial charge on any atom is 0.244 e. The van der Waals surface area contributed by atoms with Crippen LogP contribution in [0.15, 0.2) is 48.5 Å². The molecule has 0 fully saturated rings. The Hall–Kier alpha value is -3.27. The number of methoxy groups -OCH3 is 2. The van der Waals surface area contributed by atoms with Crippen LogP contribution in [-0.2, 0) is 26.0 Å². The number of carbonyl (C=O) groups is 2. The van der Waals surface area contributed by atoms with Gasteiger partial charge in [-0.25, -0.2) is 8.42 Å². The Bertz CT molecular complexity index is 1090. The van der Waals surface area contributed by atoms with Gasteiger partial charge in [0.1, 0.15) is 24.1 Å². The summed E-state index contributed by atoms with van der Waals surface area (Å²) < 4.78 is 37.0. The number of nitrogens with one attached hydrogen (secondary N) is 1. The van der Waals surface area contributed by atoms with Crippen molar-refractivity contribution in [2.45, 2.75) is 32.7 Å². The molecule has 0 saturated heterocycles. The molecule has 2 aromatic carbocycles. The molecule has 192 valence electrons. The molecule has 0 aliphatic carbocycles. The third kappa shape index (κ3) is 7.88. The fourth-order valence-corrected chi connectivity index (χ4v) is 4.40. The zero-order valence-corrected chi connectivity index (χ0v) is 21.8. The summed E-state index contributed by atoms with van der Waals surface area (Å²) in [5, 5.41) is 2.81. The van der Waals surface area contributed by atoms with Crippen LogP contribution in [0.2, 0.25) is 0 Å². The molecule has 2 aromatic rings. The highest BCUT2D eigenvalue weighted by Crippen LogP contribution is 2.33. The van der Waals surface area contributed by atoms with Crippen LogP contribution in [-0.4, -0.2) is 71.3 Å². The second-order valence-corrected chi connectivity index (χ2v) is 10.0. The molecule has 1 N–H and O–H groups in total. The van der Waals surface area contributed by atoms with Crippen LogP contribution in [0, 0.1) is 0 Å². The number of ether oxygens (including phenoxy) is 2. The van der Waals surface area contributed by atoms with Crippen molar-refractivity contribution in [1.82, 2.24) is 10.2 Å². The summed E-state index contributed by atoms with van der Waals surface area (Å²) in [6.45, 7) is 3.84. The first-order valence-electron chi connectivity index (χ1n) is 11.4. The standard InChI is InChI=1S/C25H35N3O6S/c1-6-15-26-25(30)19(2)27(16-14-20-10-8-7-9-11-20)24(29)18-28(35(5,31)32)22-13-12-21(33-3)17-23(22)34-4/h7-13,17,19H,6,14-16,18H2,1-5H3,(H,26,30). The normalized spacial score (nSPS) is 11.9. The topological polar surface area (TPSA) is 105 Å². The number of amides is 2. The van der Waals surface area contributed by atoms with Gasteiger partial charge in [0, 0.05) is 19.2 Å². The highest BCUT2D eigenvalue weighted by molar-refractivity contribution is 7.92. The quantitative estimate of drug-likeness (QED) is 0.448. The summed E-state index contributed by atoms with van der Waals surface area (Å²) in [6.07, 6.45) is 2.30. The summed E-state index contributed by atoms with van der Waals surface area (Å²) in [5.41, 5.74) is 1.21. The second kappa shape index (κ2) is 13.0. The fraction of sp³-hybridized carbons (Fsp3) is 0.440. The summed E-state index contributed by atoms with van der Waals surface area (Å²) in [7, 11) is -0.964. The summed E-state index contributed by atoms with van der Waals surface area (Å²) in [5.74, 6) is -0.0622. The van der Waals surface area contributed by atoms with Crippen molar-refractivity contribution in [2.75, 3.05) is 44.4 Å². The number of anilines is 1. The molecule has 35 heavy (non-hydrogen) atoms. The van der Waals surface area contributed by atoms with E-state index in [4.69, 9.17) is 9.47 Å². The molecule has 0 aliphatic heterocycles. The molecular formula is C25H35N3O6S. The van der Waals surface area contributed by atoms with Crippen molar-refractivity contribution in [1.29, 1.82) is 0 Å². The first-order valence-corrected chi connectivity index (χ1v) is 13.3. The minimum atomic E-state index is -3.86. The summed E-state index contributed by atoms with van der Waals surface area (Å²) >= 11 is 0. The predicted molar refractivity (Wildman–Crippen MR) is 136 cm³/mol. The van der Waals surface area contributed by atoms with Gasteiger partial charge in [-0.3, -0.25) is 13.9 Å². The Kier molecular flexibility index (Phi) is 10.4. The summed E-state index contributed by atoms with van der Waals surface area (Å²) in [4.78, 5) is 27.6. The molecule has 0 spiro atoms. The van der Waals surface area contributed by atoms with E-state index in [0.717, 1.165) is 22.5 Å². The highest BCUT2D eigenvalue weighted by Gasteiger charge is 2.30. The maximum atomic E-state index is 13.5. The second-order valence-electron chi connectivity index (χ2n) is 8.10. The van der Waals surface area contributed by atoms with E-state index < -0.39 is 28.5 Å². The molecular weight excluding hydrogens is 470 g/mol. The molecule has 0 heterocycles. The number of rotatable bonds is 13. The monoisotopic (exact) mass is 505 g/mol. The van der Waals surface area contributed by atoms with E-state index >= 15 is 0 Å². The number of nitrogens with zero attached hydrogens (tertiary/aromatic N) is 2. The first-order chi connectivity index (χ1) is 16.6. The van der Waals surface area contributed by atoms with E-state index in [2.05, 4.69) is 5.32 Å². The molecule has 2 amide bonds. The van der Waals surface area contributed by atoms with Gasteiger partial charge in [0.05, 0.1) is 26.2 Å². The molecule has 0 radical (unpaired) electrons. The third-order valence-electron chi connectivity index (χ3n) is 5.54. The van der Waals surface area contributed by atoms with E-state index in [9.17, 15) is 18.0 Å². The maximum absolute atomic E-state index is 13.5. The van der Waals surface area contributed by atoms with Gasteiger partial charge < -0.3 is 19.7 Å². The lowest BCUT2D eigenvalue weighted by Crippen LogP contribution is -2.52. The zero-order valence-electron chi connectivity index (χ0n) is 21.0. The number of hydrogen-bond donors (Lipinski definition) is 1. The molecule has 0 saturated carbocycles. The van der Waals surface area contributed by atoms with Gasteiger partial charge >= 0.3 is 0 Å². The molecule has 1 atom stereocenters. The Morgan fingerprint density at radius 3 is 2.31 bits per heavy atom. The number of sulfonamides is 1. The lowest BCUT2D eigenvalue weighted by atomic mass is 10.1. The Morgan fingerprint density at radius 2 is 1.74 bits per heavy atom. The molecule has 0 aromatic heterocycles. The van der Waals surface area contributed by atoms with Crippen LogP contribution in [0.3, 0.4) is 0 Å². The van der Waals surface area contributed by atoms with Crippen LogP contribution >= 0.6 is 0 Å². The number of carbonyl (C=O) groups excluding carboxylic acids is 2. The predicted octanol–water partition coefficient (Wildman–Crippen LogP) is 2.46. The average molecular weight is 506 g/mol. The third-order valence-corrected chi connectivity index (χ3v) is 6.66. The molecule has 10 heteroatoms. The number of benzene rings is 2. The van der Waals surface area contributed by atoms with Crippen molar-refractivity contribution < 1.29 is 27.5 Å². The Labute approximate surface area is 208 Å². The average Bonchev–Trinajstić information content (AvgIpc) is 2.85. The molecule has 0 aliphatic rings. The van der Waals surface area contributed by atoms with Gasteiger partial charge in [0.25, 0.3) is 0 Å². The van der Waals surface area contributed by atoms with Crippen LogP contribution < -0.4 is 19.1 Å². The highest BCUT2D eigenvalue weighted by atomic mass is 32.2. The molecule has 0 bridgehead atoms. The lowest BCUT2D eigenvalue weighted by Gasteiger charge is -2.31. The van der Waals surface area contributed by atoms with Crippen molar-refractivity contribution in [3.05, 3.63) is 54.1 Å². The van der Waals surface area contributed by atoms with Crippen molar-refractivity contribution in [3.8, 4) is 11.5 Å². The number of hydrogen-bond acceptors (Lipinski definition) is 6. The van der Waals surface area contributed by atoms with Gasteiger partial charge in [0.15, 0.2) is 0 Å². The molecule has 9 nitrogen and oxygen atoms in total. The van der Waals surface area contributed by atoms with Gasteiger partial charge in [-0.05, 0) is 37.5 Å². The van der Waals surface area contributed by atoms with Gasteiger partial charge in [-0.1, -0.05) is 37.3 Å². The molecule has 2 rings (SSSR count). The van der Waals surface area contributed by atoms with Crippen molar-refractivity contribution >= 4 is 27.5 Å². The Balaban J connectivity index is 2.37. The van der Waals surface area contributed by atoms with Crippen LogP contribution in [0.1, 0.15) is 25.8 Å². The van der Waals surface area contributed by atoms with Crippen molar-refractivity contribution in [2.24, 2.45) is 0 Å². The fourth-order valence-electron chi connectivity index (χ4n) is 3.55. The first kappa shape index (κ1) is 28.0. The largest absolute Gasteiger partial charge is 0.497 e. The zero-order chi connectivity index (χ0) is 26.0. The molecule has 1 unspecified atom stereocenters. The van der Waals surface area contributed by atoms with Gasteiger partial charge in [-0.2, -0.15) is 0 Å². The SMILES string of the molecule is CCCNC(=O)C(C)N(CCc1ccccc1)C(=O)CN(c1ccc(OC)cc1OC)S(C)(=O)=O. The van der Waals surface area contributed by atoms with E-state index in [-0.39, 0.29) is 23.9 Å². The smallest absolute Gasteiger partial charge is 0.244 e.